The third kappa shape index (κ3) is 9.19. The second-order valence-corrected chi connectivity index (χ2v) is 21.4. The Labute approximate surface area is 371 Å². The summed E-state index contributed by atoms with van der Waals surface area (Å²) >= 11 is 0. The molecule has 8 heteroatoms. The van der Waals surface area contributed by atoms with Gasteiger partial charge in [-0.2, -0.15) is 0 Å². The first-order chi connectivity index (χ1) is 28.8. The molecule has 2 aromatic rings. The summed E-state index contributed by atoms with van der Waals surface area (Å²) in [6.07, 6.45) is 15.5. The first-order valence-electron chi connectivity index (χ1n) is 23.3. The lowest BCUT2D eigenvalue weighted by Crippen LogP contribution is -2.56. The summed E-state index contributed by atoms with van der Waals surface area (Å²) in [6, 6.07) is 0. The van der Waals surface area contributed by atoms with E-state index in [1.165, 1.54) is 11.1 Å². The van der Waals surface area contributed by atoms with E-state index in [0.717, 1.165) is 81.8 Å². The van der Waals surface area contributed by atoms with Gasteiger partial charge in [-0.1, -0.05) is 75.3 Å². The quantitative estimate of drug-likeness (QED) is 0.201. The number of carbonyl (C=O) groups is 1. The Kier molecular flexibility index (Phi) is 14.8. The summed E-state index contributed by atoms with van der Waals surface area (Å²) in [5.41, 5.74) is 5.16. The zero-order chi connectivity index (χ0) is 46.3. The first-order valence-corrected chi connectivity index (χ1v) is 23.3. The normalized spacial score (nSPS) is 32.0. The maximum atomic E-state index is 13.2. The number of ketones is 1. The number of hydrogen-bond donors (Lipinski definition) is 3. The molecule has 6 rings (SSSR count). The van der Waals surface area contributed by atoms with Crippen molar-refractivity contribution in [3.05, 3.63) is 102 Å². The van der Waals surface area contributed by atoms with Gasteiger partial charge in [-0.05, 0) is 179 Å². The number of aryl methyl sites for hydroxylation is 2. The molecule has 9 atom stereocenters. The van der Waals surface area contributed by atoms with Crippen LogP contribution in [0.3, 0.4) is 0 Å². The number of aromatic hydroxyl groups is 2. The zero-order valence-electron chi connectivity index (χ0n) is 40.2. The molecule has 0 radical (unpaired) electrons. The summed E-state index contributed by atoms with van der Waals surface area (Å²) < 4.78 is 10.8. The number of rotatable bonds is 10. The highest BCUT2D eigenvalue weighted by Gasteiger charge is 2.59. The molecule has 0 bridgehead atoms. The van der Waals surface area contributed by atoms with Gasteiger partial charge in [0, 0.05) is 23.0 Å². The molecule has 4 saturated carbocycles. The van der Waals surface area contributed by atoms with E-state index < -0.39 is 11.3 Å². The molecule has 2 heterocycles. The number of Topliss-reactive ketones (excluding diaryl/α,β-unsaturated/α-hetero) is 1. The van der Waals surface area contributed by atoms with Crippen molar-refractivity contribution in [1.82, 2.24) is 0 Å². The monoisotopic (exact) mass is 855 g/mol. The Morgan fingerprint density at radius 2 is 1.10 bits per heavy atom. The van der Waals surface area contributed by atoms with Crippen LogP contribution < -0.4 is 11.3 Å². The van der Waals surface area contributed by atoms with Crippen molar-refractivity contribution < 1.29 is 28.9 Å². The molecule has 2 aromatic heterocycles. The number of fused-ring (bicyclic) bond motifs is 2. The van der Waals surface area contributed by atoms with Crippen LogP contribution in [0.5, 0.6) is 11.5 Å². The van der Waals surface area contributed by atoms with Gasteiger partial charge in [-0.3, -0.25) is 4.79 Å². The molecule has 8 nitrogen and oxygen atoms in total. The molecule has 9 unspecified atom stereocenters. The van der Waals surface area contributed by atoms with Crippen molar-refractivity contribution in [2.24, 2.45) is 45.3 Å². The van der Waals surface area contributed by atoms with E-state index in [1.54, 1.807) is 27.7 Å². The number of aliphatic hydroxyl groups excluding tert-OH is 1. The second-order valence-electron chi connectivity index (χ2n) is 21.4. The molecule has 0 spiro atoms. The van der Waals surface area contributed by atoms with E-state index >= 15 is 0 Å². The summed E-state index contributed by atoms with van der Waals surface area (Å²) in [7, 11) is 0. The molecule has 4 fully saturated rings. The van der Waals surface area contributed by atoms with Crippen LogP contribution in [0.25, 0.3) is 0 Å². The van der Waals surface area contributed by atoms with Gasteiger partial charge in [-0.25, -0.2) is 9.59 Å². The van der Waals surface area contributed by atoms with Crippen molar-refractivity contribution in [3.63, 3.8) is 0 Å². The van der Waals surface area contributed by atoms with Crippen molar-refractivity contribution >= 4 is 5.78 Å². The summed E-state index contributed by atoms with van der Waals surface area (Å²) in [6.45, 7) is 33.2. The lowest BCUT2D eigenvalue weighted by Gasteiger charge is -2.60. The average Bonchev–Trinajstić information content (AvgIpc) is 3.18. The minimum Gasteiger partial charge on any atom is -0.507 e. The molecule has 62 heavy (non-hydrogen) atoms. The van der Waals surface area contributed by atoms with Crippen molar-refractivity contribution in [2.45, 2.75) is 179 Å². The topological polar surface area (TPSA) is 138 Å². The molecule has 0 amide bonds. The minimum atomic E-state index is -0.461. The van der Waals surface area contributed by atoms with Gasteiger partial charge in [0.25, 0.3) is 0 Å². The van der Waals surface area contributed by atoms with Crippen molar-refractivity contribution in [2.75, 3.05) is 0 Å². The maximum absolute atomic E-state index is 13.2. The Bertz CT molecular complexity index is 2230. The summed E-state index contributed by atoms with van der Waals surface area (Å²) in [4.78, 5) is 38.4. The molecule has 4 aliphatic rings. The summed E-state index contributed by atoms with van der Waals surface area (Å²) in [5.74, 6) is 2.10. The van der Waals surface area contributed by atoms with Crippen LogP contribution in [0.15, 0.2) is 66.0 Å². The highest BCUT2D eigenvalue weighted by atomic mass is 16.4. The van der Waals surface area contributed by atoms with Gasteiger partial charge in [0.15, 0.2) is 0 Å². The standard InChI is InChI=1S/C27H40O4.C27H38O4/c2*1-16(2)9-8-13-27(7)22-11-10-17(3)21(26(22,6)14-12-23(27)28)15-20-24(29)18(4)19(5)31-25(20)30/h9,21-23,28-29H,3,8,10-15H2,1-2,4-7H3;9,21-22,29H,3,8,10-15H2,1-2,4-7H3. The highest BCUT2D eigenvalue weighted by Crippen LogP contribution is 2.64. The fourth-order valence-corrected chi connectivity index (χ4v) is 12.8. The van der Waals surface area contributed by atoms with Crippen LogP contribution in [-0.2, 0) is 17.6 Å². The first kappa shape index (κ1) is 49.1. The van der Waals surface area contributed by atoms with E-state index in [9.17, 15) is 29.7 Å². The second kappa shape index (κ2) is 18.7. The number of aliphatic hydroxyl groups is 1. The maximum Gasteiger partial charge on any atom is 0.342 e. The van der Waals surface area contributed by atoms with Crippen LogP contribution in [0.2, 0.25) is 0 Å². The van der Waals surface area contributed by atoms with Crippen LogP contribution in [0.4, 0.5) is 0 Å². The zero-order valence-corrected chi connectivity index (χ0v) is 40.2. The molecular formula is C54H78O8. The smallest absolute Gasteiger partial charge is 0.342 e. The van der Waals surface area contributed by atoms with E-state index in [1.807, 2.05) is 0 Å². The van der Waals surface area contributed by atoms with E-state index in [-0.39, 0.29) is 57.0 Å². The molecule has 0 aliphatic heterocycles. The molecule has 342 valence electrons. The Balaban J connectivity index is 0.000000234. The number of hydrogen-bond acceptors (Lipinski definition) is 8. The number of carbonyl (C=O) groups excluding carboxylic acids is 1. The van der Waals surface area contributed by atoms with E-state index in [0.29, 0.717) is 64.7 Å². The average molecular weight is 855 g/mol. The third-order valence-corrected chi connectivity index (χ3v) is 17.1. The minimum absolute atomic E-state index is 0.0398. The van der Waals surface area contributed by atoms with E-state index in [2.05, 4.69) is 80.7 Å². The molecule has 0 saturated heterocycles. The fraction of sp³-hybridized carbons (Fsp3) is 0.648. The molecule has 0 aromatic carbocycles. The van der Waals surface area contributed by atoms with Gasteiger partial charge in [0.2, 0.25) is 0 Å². The van der Waals surface area contributed by atoms with Crippen molar-refractivity contribution in [3.8, 4) is 11.5 Å². The van der Waals surface area contributed by atoms with Gasteiger partial charge >= 0.3 is 11.3 Å². The van der Waals surface area contributed by atoms with Crippen LogP contribution in [0, 0.1) is 73.0 Å². The SMILES string of the molecule is C=C1CCC2C(C)(CCC=C(C)C)C(=O)CCC2(C)C1Cc1c(O)c(C)c(C)oc1=O.C=C1CCC2C(C)(CCC=C(C)C)C(O)CCC2(C)C1Cc1c(O)c(C)c(C)oc1=O. The van der Waals surface area contributed by atoms with Gasteiger partial charge in [-0.15, -0.1) is 0 Å². The Morgan fingerprint density at radius 1 is 0.661 bits per heavy atom. The predicted molar refractivity (Wildman–Crippen MR) is 250 cm³/mol. The van der Waals surface area contributed by atoms with Gasteiger partial charge < -0.3 is 24.2 Å². The van der Waals surface area contributed by atoms with Crippen LogP contribution in [0.1, 0.15) is 166 Å². The van der Waals surface area contributed by atoms with Gasteiger partial charge in [0.05, 0.1) is 17.2 Å². The highest BCUT2D eigenvalue weighted by molar-refractivity contribution is 5.86. The Hall–Kier alpha value is -3.91. The molecule has 4 aliphatic carbocycles. The number of allylic oxidation sites excluding steroid dienone is 6. The Morgan fingerprint density at radius 3 is 1.56 bits per heavy atom. The van der Waals surface area contributed by atoms with Gasteiger partial charge in [0.1, 0.15) is 28.8 Å². The van der Waals surface area contributed by atoms with Crippen LogP contribution in [-0.4, -0.2) is 27.2 Å². The van der Waals surface area contributed by atoms with Crippen LogP contribution >= 0.6 is 0 Å². The third-order valence-electron chi connectivity index (χ3n) is 17.1. The largest absolute Gasteiger partial charge is 0.507 e. The van der Waals surface area contributed by atoms with E-state index in [4.69, 9.17) is 8.83 Å². The fourth-order valence-electron chi connectivity index (χ4n) is 12.8. The lowest BCUT2D eigenvalue weighted by molar-refractivity contribution is -0.147. The predicted octanol–water partition coefficient (Wildman–Crippen LogP) is 12.2. The molecular weight excluding hydrogens is 777 g/mol. The summed E-state index contributed by atoms with van der Waals surface area (Å²) in [5, 5.41) is 32.5. The molecule has 3 N–H and O–H groups in total. The lowest BCUT2D eigenvalue weighted by atomic mass is 9.45. The van der Waals surface area contributed by atoms with Crippen molar-refractivity contribution in [1.29, 1.82) is 0 Å².